The number of hydrogen-bond acceptors (Lipinski definition) is 6. The molecule has 0 spiro atoms. The first-order chi connectivity index (χ1) is 11.9. The van der Waals surface area contributed by atoms with Gasteiger partial charge in [0.1, 0.15) is 5.75 Å². The number of piperidine rings is 1. The maximum Gasteiger partial charge on any atom is 0.227 e. The van der Waals surface area contributed by atoms with E-state index in [9.17, 15) is 18.3 Å². The summed E-state index contributed by atoms with van der Waals surface area (Å²) in [6.45, 7) is 3.75. The molecule has 1 aromatic carbocycles. The molecule has 7 nitrogen and oxygen atoms in total. The second kappa shape index (κ2) is 8.32. The molecule has 2 rings (SSSR count). The lowest BCUT2D eigenvalue weighted by molar-refractivity contribution is -0.121. The molecular weight excluding hydrogens is 342 g/mol. The van der Waals surface area contributed by atoms with Gasteiger partial charge in [0.05, 0.1) is 22.4 Å². The number of hydrogen-bond donors (Lipinski definition) is 2. The molecule has 1 aromatic rings. The van der Waals surface area contributed by atoms with Crippen LogP contribution >= 0.6 is 0 Å². The Bertz CT molecular complexity index is 763. The van der Waals surface area contributed by atoms with Crippen LogP contribution in [0, 0.1) is 17.2 Å². The molecule has 1 amide bonds. The largest absolute Gasteiger partial charge is 0.506 e. The van der Waals surface area contributed by atoms with E-state index in [1.807, 2.05) is 0 Å². The molecule has 0 atom stereocenters. The molecule has 1 aliphatic rings. The monoisotopic (exact) mass is 365 g/mol. The molecule has 2 N–H and O–H groups in total. The summed E-state index contributed by atoms with van der Waals surface area (Å²) < 4.78 is 23.9. The van der Waals surface area contributed by atoms with Gasteiger partial charge in [0, 0.05) is 18.9 Å². The number of carbonyl (C=O) groups excluding carboxylic acids is 1. The zero-order valence-corrected chi connectivity index (χ0v) is 15.1. The number of rotatable bonds is 6. The lowest BCUT2D eigenvalue weighted by Crippen LogP contribution is -2.38. The van der Waals surface area contributed by atoms with E-state index in [1.165, 1.54) is 18.2 Å². The normalized spacial score (nSPS) is 16.3. The van der Waals surface area contributed by atoms with Crippen LogP contribution < -0.4 is 5.32 Å². The fourth-order valence-electron chi connectivity index (χ4n) is 2.84. The Morgan fingerprint density at radius 3 is 2.68 bits per heavy atom. The van der Waals surface area contributed by atoms with E-state index in [1.54, 1.807) is 6.92 Å². The van der Waals surface area contributed by atoms with Crippen molar-refractivity contribution in [1.29, 1.82) is 5.26 Å². The third-order valence-electron chi connectivity index (χ3n) is 4.46. The predicted molar refractivity (Wildman–Crippen MR) is 93.9 cm³/mol. The molecule has 0 unspecified atom stereocenters. The van der Waals surface area contributed by atoms with Crippen molar-refractivity contribution in [2.75, 3.05) is 30.7 Å². The van der Waals surface area contributed by atoms with Gasteiger partial charge in [0.2, 0.25) is 5.91 Å². The Labute approximate surface area is 148 Å². The first-order valence-electron chi connectivity index (χ1n) is 8.33. The van der Waals surface area contributed by atoms with E-state index in [4.69, 9.17) is 5.26 Å². The molecule has 0 aliphatic carbocycles. The summed E-state index contributed by atoms with van der Waals surface area (Å²) in [5.41, 5.74) is 0.117. The smallest absolute Gasteiger partial charge is 0.227 e. The maximum atomic E-state index is 12.4. The summed E-state index contributed by atoms with van der Waals surface area (Å²) in [6.07, 6.45) is 1.82. The summed E-state index contributed by atoms with van der Waals surface area (Å²) in [6, 6.07) is 6.02. The van der Waals surface area contributed by atoms with Crippen molar-refractivity contribution in [3.8, 4) is 11.8 Å². The fraction of sp³-hybridized carbons (Fsp3) is 0.529. The fourth-order valence-corrected chi connectivity index (χ4v) is 3.74. The summed E-state index contributed by atoms with van der Waals surface area (Å²) in [7, 11) is -3.41. The van der Waals surface area contributed by atoms with E-state index in [0.717, 1.165) is 13.1 Å². The van der Waals surface area contributed by atoms with Crippen molar-refractivity contribution in [2.24, 2.45) is 5.92 Å². The van der Waals surface area contributed by atoms with Crippen LogP contribution in [0.4, 0.5) is 5.69 Å². The molecule has 1 saturated heterocycles. The summed E-state index contributed by atoms with van der Waals surface area (Å²) in [5, 5.41) is 21.2. The molecule has 0 saturated carbocycles. The molecule has 8 heteroatoms. The van der Waals surface area contributed by atoms with Gasteiger partial charge in [-0.25, -0.2) is 8.42 Å². The Kier molecular flexibility index (Phi) is 6.39. The van der Waals surface area contributed by atoms with Gasteiger partial charge in [-0.05, 0) is 44.1 Å². The Morgan fingerprint density at radius 1 is 1.40 bits per heavy atom. The van der Waals surface area contributed by atoms with Crippen molar-refractivity contribution in [3.63, 3.8) is 0 Å². The SMILES string of the molecule is CCS(=O)(=O)c1ccc(O)c(NC(=O)C2CCN(CCC#N)CC2)c1. The van der Waals surface area contributed by atoms with Crippen LogP contribution in [0.25, 0.3) is 0 Å². The van der Waals surface area contributed by atoms with E-state index >= 15 is 0 Å². The number of phenolic OH excluding ortho intramolecular Hbond substituents is 1. The van der Waals surface area contributed by atoms with Crippen molar-refractivity contribution < 1.29 is 18.3 Å². The van der Waals surface area contributed by atoms with Crippen LogP contribution in [0.1, 0.15) is 26.2 Å². The van der Waals surface area contributed by atoms with Crippen LogP contribution in [-0.2, 0) is 14.6 Å². The standard InChI is InChI=1S/C17H23N3O4S/c1-2-25(23,24)14-4-5-16(21)15(12-14)19-17(22)13-6-10-20(11-7-13)9-3-8-18/h4-5,12-13,21H,2-3,6-7,9-11H2,1H3,(H,19,22). The number of anilines is 1. The predicted octanol–water partition coefficient (Wildman–Crippen LogP) is 1.75. The van der Waals surface area contributed by atoms with Crippen LogP contribution in [0.5, 0.6) is 5.75 Å². The summed E-state index contributed by atoms with van der Waals surface area (Å²) >= 11 is 0. The maximum absolute atomic E-state index is 12.4. The zero-order valence-electron chi connectivity index (χ0n) is 14.2. The average molecular weight is 365 g/mol. The van der Waals surface area contributed by atoms with Crippen molar-refractivity contribution in [2.45, 2.75) is 31.1 Å². The molecule has 1 heterocycles. The number of aromatic hydroxyl groups is 1. The minimum atomic E-state index is -3.41. The molecular formula is C17H23N3O4S. The minimum absolute atomic E-state index is 0.0493. The molecule has 0 aromatic heterocycles. The summed E-state index contributed by atoms with van der Waals surface area (Å²) in [4.78, 5) is 14.7. The number of sulfone groups is 1. The van der Waals surface area contributed by atoms with Gasteiger partial charge in [-0.15, -0.1) is 0 Å². The quantitative estimate of drug-likeness (QED) is 0.743. The van der Waals surface area contributed by atoms with Gasteiger partial charge >= 0.3 is 0 Å². The number of amides is 1. The minimum Gasteiger partial charge on any atom is -0.506 e. The van der Waals surface area contributed by atoms with Crippen LogP contribution in [0.3, 0.4) is 0 Å². The van der Waals surface area contributed by atoms with Crippen LogP contribution in [0.15, 0.2) is 23.1 Å². The van der Waals surface area contributed by atoms with Crippen molar-refractivity contribution in [3.05, 3.63) is 18.2 Å². The molecule has 0 bridgehead atoms. The Morgan fingerprint density at radius 2 is 2.08 bits per heavy atom. The number of likely N-dealkylation sites (tertiary alicyclic amines) is 1. The van der Waals surface area contributed by atoms with Crippen LogP contribution in [-0.4, -0.2) is 49.7 Å². The second-order valence-electron chi connectivity index (χ2n) is 6.10. The number of nitrogens with zero attached hydrogens (tertiary/aromatic N) is 2. The average Bonchev–Trinajstić information content (AvgIpc) is 2.62. The zero-order chi connectivity index (χ0) is 18.4. The Hall–Kier alpha value is -2.11. The number of nitrogens with one attached hydrogen (secondary N) is 1. The van der Waals surface area contributed by atoms with E-state index < -0.39 is 9.84 Å². The third-order valence-corrected chi connectivity index (χ3v) is 6.20. The van der Waals surface area contributed by atoms with E-state index in [0.29, 0.717) is 25.8 Å². The van der Waals surface area contributed by atoms with E-state index in [2.05, 4.69) is 16.3 Å². The van der Waals surface area contributed by atoms with Gasteiger partial charge in [0.15, 0.2) is 9.84 Å². The number of benzene rings is 1. The molecule has 136 valence electrons. The van der Waals surface area contributed by atoms with E-state index in [-0.39, 0.29) is 33.9 Å². The number of phenols is 1. The molecule has 25 heavy (non-hydrogen) atoms. The van der Waals surface area contributed by atoms with Gasteiger partial charge in [-0.2, -0.15) is 5.26 Å². The molecule has 0 radical (unpaired) electrons. The van der Waals surface area contributed by atoms with Crippen LogP contribution in [0.2, 0.25) is 0 Å². The molecule has 1 aliphatic heterocycles. The van der Waals surface area contributed by atoms with Gasteiger partial charge in [-0.3, -0.25) is 4.79 Å². The lowest BCUT2D eigenvalue weighted by Gasteiger charge is -2.30. The highest BCUT2D eigenvalue weighted by Gasteiger charge is 2.25. The van der Waals surface area contributed by atoms with Crippen molar-refractivity contribution >= 4 is 21.4 Å². The van der Waals surface area contributed by atoms with Gasteiger partial charge in [0.25, 0.3) is 0 Å². The first-order valence-corrected chi connectivity index (χ1v) is 9.98. The topological polar surface area (TPSA) is 110 Å². The summed E-state index contributed by atoms with van der Waals surface area (Å²) in [5.74, 6) is -0.618. The number of carbonyl (C=O) groups is 1. The Balaban J connectivity index is 2.02. The molecule has 1 fully saturated rings. The first kappa shape index (κ1) is 19.2. The van der Waals surface area contributed by atoms with Gasteiger partial charge < -0.3 is 15.3 Å². The second-order valence-corrected chi connectivity index (χ2v) is 8.37. The van der Waals surface area contributed by atoms with Gasteiger partial charge in [-0.1, -0.05) is 6.92 Å². The highest BCUT2D eigenvalue weighted by atomic mass is 32.2. The third kappa shape index (κ3) is 4.94. The highest BCUT2D eigenvalue weighted by Crippen LogP contribution is 2.28. The van der Waals surface area contributed by atoms with Crippen molar-refractivity contribution in [1.82, 2.24) is 4.90 Å². The highest BCUT2D eigenvalue weighted by molar-refractivity contribution is 7.91. The lowest BCUT2D eigenvalue weighted by atomic mass is 9.95. The number of nitriles is 1.